The van der Waals surface area contributed by atoms with Crippen molar-refractivity contribution in [3.05, 3.63) is 54.0 Å². The van der Waals surface area contributed by atoms with Crippen molar-refractivity contribution in [3.8, 4) is 5.75 Å². The first-order valence-corrected chi connectivity index (χ1v) is 7.90. The van der Waals surface area contributed by atoms with E-state index in [1.54, 1.807) is 6.07 Å². The molecule has 2 aromatic rings. The Bertz CT molecular complexity index is 767. The number of benzene rings is 1. The van der Waals surface area contributed by atoms with Crippen LogP contribution in [0.3, 0.4) is 0 Å². The summed E-state index contributed by atoms with van der Waals surface area (Å²) < 4.78 is 15.8. The Morgan fingerprint density at radius 1 is 1.12 bits per heavy atom. The van der Waals surface area contributed by atoms with Crippen LogP contribution < -0.4 is 4.74 Å². The maximum atomic E-state index is 11.9. The Balaban J connectivity index is 1.48. The molecule has 1 saturated heterocycles. The zero-order valence-electron chi connectivity index (χ0n) is 13.5. The largest absolute Gasteiger partial charge is 0.486 e. The lowest BCUT2D eigenvalue weighted by molar-refractivity contribution is -0.143. The lowest BCUT2D eigenvalue weighted by Crippen LogP contribution is -2.35. The summed E-state index contributed by atoms with van der Waals surface area (Å²) in [5, 5.41) is 0. The Kier molecular flexibility index (Phi) is 5.13. The molecule has 1 aliphatic rings. The van der Waals surface area contributed by atoms with Crippen molar-refractivity contribution in [2.75, 3.05) is 13.2 Å². The number of hydrogen-bond acceptors (Lipinski definition) is 6. The summed E-state index contributed by atoms with van der Waals surface area (Å²) in [6.45, 7) is 0.0522. The molecule has 2 amide bonds. The van der Waals surface area contributed by atoms with Gasteiger partial charge in [0.25, 0.3) is 5.91 Å². The van der Waals surface area contributed by atoms with Crippen LogP contribution in [0.25, 0.3) is 0 Å². The second-order valence-corrected chi connectivity index (χ2v) is 5.49. The number of furan rings is 1. The summed E-state index contributed by atoms with van der Waals surface area (Å²) in [4.78, 5) is 36.3. The fraction of sp³-hybridized carbons (Fsp3) is 0.278. The predicted octanol–water partition coefficient (Wildman–Crippen LogP) is 2.16. The number of hydrogen-bond donors (Lipinski definition) is 0. The Morgan fingerprint density at radius 2 is 1.92 bits per heavy atom. The van der Waals surface area contributed by atoms with Crippen LogP contribution in [-0.4, -0.2) is 35.8 Å². The van der Waals surface area contributed by atoms with Crippen LogP contribution in [0.15, 0.2) is 46.9 Å². The molecule has 1 aliphatic heterocycles. The summed E-state index contributed by atoms with van der Waals surface area (Å²) in [6.07, 6.45) is 0.990. The molecule has 1 fully saturated rings. The number of imide groups is 1. The van der Waals surface area contributed by atoms with E-state index in [4.69, 9.17) is 13.9 Å². The van der Waals surface area contributed by atoms with Crippen molar-refractivity contribution in [2.45, 2.75) is 19.4 Å². The highest BCUT2D eigenvalue weighted by Crippen LogP contribution is 2.15. The lowest BCUT2D eigenvalue weighted by atomic mass is 10.3. The number of ether oxygens (including phenoxy) is 2. The molecule has 1 aromatic carbocycles. The van der Waals surface area contributed by atoms with Gasteiger partial charge in [-0.25, -0.2) is 4.79 Å². The number of carbonyl (C=O) groups is 3. The van der Waals surface area contributed by atoms with Crippen molar-refractivity contribution in [3.63, 3.8) is 0 Å². The minimum absolute atomic E-state index is 0.0211. The first-order chi connectivity index (χ1) is 12.1. The Labute approximate surface area is 144 Å². The molecule has 3 rings (SSSR count). The van der Waals surface area contributed by atoms with Gasteiger partial charge in [0, 0.05) is 13.0 Å². The van der Waals surface area contributed by atoms with Crippen molar-refractivity contribution in [1.82, 2.24) is 4.90 Å². The number of carbonyl (C=O) groups excluding carboxylic acids is 3. The third kappa shape index (κ3) is 4.26. The van der Waals surface area contributed by atoms with Gasteiger partial charge in [-0.1, -0.05) is 18.2 Å². The van der Waals surface area contributed by atoms with Gasteiger partial charge in [-0.3, -0.25) is 14.5 Å². The first-order valence-electron chi connectivity index (χ1n) is 7.90. The number of nitrogens with zero attached hydrogens (tertiary/aromatic N) is 1. The fourth-order valence-electron chi connectivity index (χ4n) is 2.42. The molecule has 0 saturated carbocycles. The van der Waals surface area contributed by atoms with E-state index < -0.39 is 18.5 Å². The van der Waals surface area contributed by atoms with Crippen LogP contribution in [-0.2, 0) is 20.9 Å². The molecule has 0 bridgehead atoms. The third-order valence-corrected chi connectivity index (χ3v) is 3.69. The van der Waals surface area contributed by atoms with E-state index >= 15 is 0 Å². The molecule has 25 heavy (non-hydrogen) atoms. The van der Waals surface area contributed by atoms with Gasteiger partial charge in [0.15, 0.2) is 6.61 Å². The molecule has 7 nitrogen and oxygen atoms in total. The van der Waals surface area contributed by atoms with Crippen LogP contribution in [0.4, 0.5) is 0 Å². The Morgan fingerprint density at radius 3 is 2.64 bits per heavy atom. The molecule has 0 N–H and O–H groups in total. The second kappa shape index (κ2) is 7.65. The van der Waals surface area contributed by atoms with E-state index in [1.807, 2.05) is 30.3 Å². The number of para-hydroxylation sites is 1. The van der Waals surface area contributed by atoms with Crippen LogP contribution in [0.5, 0.6) is 5.75 Å². The van der Waals surface area contributed by atoms with E-state index in [0.717, 1.165) is 4.90 Å². The van der Waals surface area contributed by atoms with Crippen molar-refractivity contribution in [1.29, 1.82) is 0 Å². The SMILES string of the molecule is O=C(OCC(=O)N1CCCC1=O)c1ccc(COc2ccccc2)o1. The Hall–Kier alpha value is -3.09. The van der Waals surface area contributed by atoms with Gasteiger partial charge in [0.2, 0.25) is 11.7 Å². The highest BCUT2D eigenvalue weighted by Gasteiger charge is 2.27. The van der Waals surface area contributed by atoms with Gasteiger partial charge in [-0.05, 0) is 30.7 Å². The van der Waals surface area contributed by atoms with Crippen molar-refractivity contribution in [2.24, 2.45) is 0 Å². The normalized spacial score (nSPS) is 13.8. The summed E-state index contributed by atoms with van der Waals surface area (Å²) in [5.41, 5.74) is 0. The number of likely N-dealkylation sites (tertiary alicyclic amines) is 1. The lowest BCUT2D eigenvalue weighted by Gasteiger charge is -2.12. The molecule has 0 unspecified atom stereocenters. The van der Waals surface area contributed by atoms with Gasteiger partial charge in [-0.15, -0.1) is 0 Å². The molecule has 0 aliphatic carbocycles. The monoisotopic (exact) mass is 343 g/mol. The maximum absolute atomic E-state index is 11.9. The van der Waals surface area contributed by atoms with Gasteiger partial charge in [-0.2, -0.15) is 0 Å². The van der Waals surface area contributed by atoms with Crippen LogP contribution in [0.1, 0.15) is 29.2 Å². The fourth-order valence-corrected chi connectivity index (χ4v) is 2.42. The van der Waals surface area contributed by atoms with E-state index in [2.05, 4.69) is 0 Å². The van der Waals surface area contributed by atoms with E-state index in [0.29, 0.717) is 30.9 Å². The van der Waals surface area contributed by atoms with Gasteiger partial charge >= 0.3 is 5.97 Å². The standard InChI is InChI=1S/C18H17NO6/c20-16-7-4-10-19(16)17(21)12-24-18(22)15-9-8-14(25-15)11-23-13-5-2-1-3-6-13/h1-3,5-6,8-9H,4,7,10-12H2. The van der Waals surface area contributed by atoms with Crippen molar-refractivity contribution >= 4 is 17.8 Å². The average molecular weight is 343 g/mol. The number of amides is 2. The molecule has 130 valence electrons. The quantitative estimate of drug-likeness (QED) is 0.747. The van der Waals surface area contributed by atoms with Crippen molar-refractivity contribution < 1.29 is 28.3 Å². The van der Waals surface area contributed by atoms with Crippen LogP contribution in [0.2, 0.25) is 0 Å². The highest BCUT2D eigenvalue weighted by molar-refractivity contribution is 5.98. The number of rotatable bonds is 6. The molecule has 1 aromatic heterocycles. The molecule has 0 spiro atoms. The van der Waals surface area contributed by atoms with E-state index in [1.165, 1.54) is 6.07 Å². The van der Waals surface area contributed by atoms with Gasteiger partial charge in [0.1, 0.15) is 18.1 Å². The molecule has 0 radical (unpaired) electrons. The molecular formula is C18H17NO6. The summed E-state index contributed by atoms with van der Waals surface area (Å²) in [7, 11) is 0. The van der Waals surface area contributed by atoms with Crippen LogP contribution in [0, 0.1) is 0 Å². The zero-order chi connectivity index (χ0) is 17.6. The van der Waals surface area contributed by atoms with E-state index in [-0.39, 0.29) is 18.3 Å². The van der Waals surface area contributed by atoms with E-state index in [9.17, 15) is 14.4 Å². The maximum Gasteiger partial charge on any atom is 0.374 e. The summed E-state index contributed by atoms with van der Waals surface area (Å²) >= 11 is 0. The average Bonchev–Trinajstić information content (AvgIpc) is 3.27. The molecular weight excluding hydrogens is 326 g/mol. The smallest absolute Gasteiger partial charge is 0.374 e. The number of esters is 1. The van der Waals surface area contributed by atoms with Crippen LogP contribution >= 0.6 is 0 Å². The minimum Gasteiger partial charge on any atom is -0.486 e. The van der Waals surface area contributed by atoms with Gasteiger partial charge in [0.05, 0.1) is 0 Å². The first kappa shape index (κ1) is 16.8. The second-order valence-electron chi connectivity index (χ2n) is 5.49. The predicted molar refractivity (Wildman–Crippen MR) is 85.7 cm³/mol. The molecule has 2 heterocycles. The molecule has 0 atom stereocenters. The zero-order valence-corrected chi connectivity index (χ0v) is 13.5. The summed E-state index contributed by atoms with van der Waals surface area (Å²) in [6, 6.07) is 12.3. The molecule has 7 heteroatoms. The van der Waals surface area contributed by atoms with Gasteiger partial charge < -0.3 is 13.9 Å². The highest BCUT2D eigenvalue weighted by atomic mass is 16.6. The minimum atomic E-state index is -0.758. The summed E-state index contributed by atoms with van der Waals surface area (Å²) in [5.74, 6) is -0.395. The third-order valence-electron chi connectivity index (χ3n) is 3.69. The topological polar surface area (TPSA) is 86.1 Å².